The average Bonchev–Trinajstić information content (AvgIpc) is 2.73. The summed E-state index contributed by atoms with van der Waals surface area (Å²) in [7, 11) is 0. The number of anilines is 1. The Hall–Kier alpha value is -2.17. The summed E-state index contributed by atoms with van der Waals surface area (Å²) in [6, 6.07) is 7.16. The van der Waals surface area contributed by atoms with Crippen molar-refractivity contribution in [2.45, 2.75) is 32.3 Å². The standard InChI is InChI=1S/C23H26F6N2O2.ClH/c1-15-4-3-5-21(16(15)2)31-8-6-30(7-9-31)13-19(32)14-33-20-11-17(22(24,25)26)10-18(12-20)23(27,28)29;/h3-5,10-12,19,32H,6-9,13-14H2,1-2H3;1H/p-1. The lowest BCUT2D eigenvalue weighted by atomic mass is 10.1. The van der Waals surface area contributed by atoms with Gasteiger partial charge in [0.2, 0.25) is 0 Å². The fraction of sp³-hybridized carbons (Fsp3) is 0.478. The van der Waals surface area contributed by atoms with Crippen molar-refractivity contribution in [3.8, 4) is 5.75 Å². The van der Waals surface area contributed by atoms with Gasteiger partial charge >= 0.3 is 12.4 Å². The van der Waals surface area contributed by atoms with Crippen LogP contribution in [0.4, 0.5) is 32.0 Å². The Bertz CT molecular complexity index is 927. The van der Waals surface area contributed by atoms with Crippen LogP contribution in [0, 0.1) is 13.8 Å². The SMILES string of the molecule is Cc1cccc(N2CCN(CC(O)COc3cc(C(F)(F)F)cc(C(F)(F)F)c3)CC2)c1C.[Cl-]. The molecular formula is C23H26ClF6N2O2-. The fourth-order valence-electron chi connectivity index (χ4n) is 3.80. The maximum absolute atomic E-state index is 13.0. The van der Waals surface area contributed by atoms with E-state index in [0.717, 1.165) is 18.8 Å². The number of aliphatic hydroxyl groups excluding tert-OH is 1. The number of piperazine rings is 1. The Balaban J connectivity index is 0.00000408. The van der Waals surface area contributed by atoms with E-state index in [4.69, 9.17) is 4.74 Å². The average molecular weight is 512 g/mol. The van der Waals surface area contributed by atoms with Crippen LogP contribution in [0.15, 0.2) is 36.4 Å². The number of hydrogen-bond acceptors (Lipinski definition) is 4. The summed E-state index contributed by atoms with van der Waals surface area (Å²) >= 11 is 0. The number of halogens is 7. The molecule has 4 nitrogen and oxygen atoms in total. The molecule has 0 radical (unpaired) electrons. The van der Waals surface area contributed by atoms with Gasteiger partial charge in [-0.05, 0) is 49.2 Å². The minimum absolute atomic E-state index is 0. The second-order valence-electron chi connectivity index (χ2n) is 8.21. The smallest absolute Gasteiger partial charge is 0.416 e. The van der Waals surface area contributed by atoms with Crippen molar-refractivity contribution in [1.82, 2.24) is 4.90 Å². The van der Waals surface area contributed by atoms with Gasteiger partial charge in [0.1, 0.15) is 18.5 Å². The van der Waals surface area contributed by atoms with Crippen molar-refractivity contribution in [2.24, 2.45) is 0 Å². The molecule has 190 valence electrons. The van der Waals surface area contributed by atoms with Gasteiger partial charge in [0.25, 0.3) is 0 Å². The number of aryl methyl sites for hydroxylation is 1. The zero-order valence-corrected chi connectivity index (χ0v) is 19.4. The summed E-state index contributed by atoms with van der Waals surface area (Å²) in [5.74, 6) is -0.587. The first-order valence-corrected chi connectivity index (χ1v) is 10.5. The molecule has 2 aromatic rings. The maximum atomic E-state index is 13.0. The van der Waals surface area contributed by atoms with E-state index in [9.17, 15) is 31.4 Å². The van der Waals surface area contributed by atoms with E-state index < -0.39 is 41.9 Å². The van der Waals surface area contributed by atoms with E-state index in [1.165, 1.54) is 11.1 Å². The molecule has 0 bridgehead atoms. The minimum atomic E-state index is -4.95. The van der Waals surface area contributed by atoms with Gasteiger partial charge in [0.15, 0.2) is 0 Å². The van der Waals surface area contributed by atoms with Crippen molar-refractivity contribution in [2.75, 3.05) is 44.2 Å². The zero-order valence-electron chi connectivity index (χ0n) is 18.7. The number of alkyl halides is 6. The summed E-state index contributed by atoms with van der Waals surface area (Å²) in [4.78, 5) is 4.24. The fourth-order valence-corrected chi connectivity index (χ4v) is 3.80. The van der Waals surface area contributed by atoms with Crippen LogP contribution in [0.3, 0.4) is 0 Å². The second kappa shape index (κ2) is 11.0. The van der Waals surface area contributed by atoms with E-state index in [0.29, 0.717) is 25.2 Å². The van der Waals surface area contributed by atoms with E-state index in [-0.39, 0.29) is 25.0 Å². The Kier molecular flexibility index (Phi) is 9.12. The third-order valence-corrected chi connectivity index (χ3v) is 5.76. The molecule has 1 aliphatic rings. The maximum Gasteiger partial charge on any atom is 0.416 e. The second-order valence-corrected chi connectivity index (χ2v) is 8.21. The highest BCUT2D eigenvalue weighted by Crippen LogP contribution is 2.38. The first-order valence-electron chi connectivity index (χ1n) is 10.5. The first-order chi connectivity index (χ1) is 15.3. The summed E-state index contributed by atoms with van der Waals surface area (Å²) < 4.78 is 82.9. The van der Waals surface area contributed by atoms with Crippen molar-refractivity contribution < 1.29 is 48.6 Å². The van der Waals surface area contributed by atoms with Crippen molar-refractivity contribution in [3.05, 3.63) is 58.7 Å². The van der Waals surface area contributed by atoms with E-state index >= 15 is 0 Å². The van der Waals surface area contributed by atoms with Gasteiger partial charge in [0, 0.05) is 38.4 Å². The topological polar surface area (TPSA) is 35.9 Å². The molecule has 1 fully saturated rings. The Morgan fingerprint density at radius 1 is 0.912 bits per heavy atom. The number of nitrogens with zero attached hydrogens (tertiary/aromatic N) is 2. The minimum Gasteiger partial charge on any atom is -1.00 e. The number of ether oxygens (including phenoxy) is 1. The monoisotopic (exact) mass is 511 g/mol. The van der Waals surface area contributed by atoms with Crippen LogP contribution < -0.4 is 22.0 Å². The number of β-amino-alcohol motifs (C(OH)–C–C–N with tert-alkyl or cyclic N) is 1. The molecule has 1 N–H and O–H groups in total. The highest BCUT2D eigenvalue weighted by Gasteiger charge is 2.37. The molecule has 0 saturated carbocycles. The Labute approximate surface area is 200 Å². The highest BCUT2D eigenvalue weighted by atomic mass is 35.5. The summed E-state index contributed by atoms with van der Waals surface area (Å²) in [5.41, 5.74) is 0.654. The van der Waals surface area contributed by atoms with Crippen LogP contribution in [0.25, 0.3) is 0 Å². The van der Waals surface area contributed by atoms with Gasteiger partial charge in [-0.3, -0.25) is 4.90 Å². The third kappa shape index (κ3) is 7.16. The van der Waals surface area contributed by atoms with E-state index in [2.05, 4.69) is 17.9 Å². The van der Waals surface area contributed by atoms with E-state index in [1.54, 1.807) is 0 Å². The quantitative estimate of drug-likeness (QED) is 0.601. The summed E-state index contributed by atoms with van der Waals surface area (Å²) in [5, 5.41) is 10.3. The molecule has 1 saturated heterocycles. The predicted octanol–water partition coefficient (Wildman–Crippen LogP) is 1.91. The first kappa shape index (κ1) is 28.1. The van der Waals surface area contributed by atoms with Gasteiger partial charge in [-0.25, -0.2) is 0 Å². The van der Waals surface area contributed by atoms with Crippen LogP contribution in [0.1, 0.15) is 22.3 Å². The molecule has 34 heavy (non-hydrogen) atoms. The molecule has 3 rings (SSSR count). The highest BCUT2D eigenvalue weighted by molar-refractivity contribution is 5.56. The summed E-state index contributed by atoms with van der Waals surface area (Å²) in [6.45, 7) is 6.69. The molecule has 0 aliphatic carbocycles. The lowest BCUT2D eigenvalue weighted by Gasteiger charge is -2.37. The number of rotatable bonds is 6. The van der Waals surface area contributed by atoms with Crippen LogP contribution in [0.2, 0.25) is 0 Å². The third-order valence-electron chi connectivity index (χ3n) is 5.76. The van der Waals surface area contributed by atoms with Crippen molar-refractivity contribution in [3.63, 3.8) is 0 Å². The van der Waals surface area contributed by atoms with Gasteiger partial charge in [0.05, 0.1) is 11.1 Å². The molecule has 0 aromatic heterocycles. The molecule has 2 aromatic carbocycles. The Morgan fingerprint density at radius 3 is 2.00 bits per heavy atom. The van der Waals surface area contributed by atoms with Crippen LogP contribution in [0.5, 0.6) is 5.75 Å². The lowest BCUT2D eigenvalue weighted by Crippen LogP contribution is -3.00. The number of benzene rings is 2. The Morgan fingerprint density at radius 2 is 1.47 bits per heavy atom. The van der Waals surface area contributed by atoms with Gasteiger partial charge in [-0.2, -0.15) is 26.3 Å². The molecule has 1 unspecified atom stereocenters. The van der Waals surface area contributed by atoms with Gasteiger partial charge in [-0.1, -0.05) is 12.1 Å². The van der Waals surface area contributed by atoms with Crippen LogP contribution >= 0.6 is 0 Å². The van der Waals surface area contributed by atoms with E-state index in [1.807, 2.05) is 24.0 Å². The van der Waals surface area contributed by atoms with Crippen LogP contribution in [-0.4, -0.2) is 55.4 Å². The molecular weight excluding hydrogens is 486 g/mol. The predicted molar refractivity (Wildman–Crippen MR) is 113 cm³/mol. The van der Waals surface area contributed by atoms with Crippen molar-refractivity contribution >= 4 is 5.69 Å². The normalized spacial score (nSPS) is 16.2. The van der Waals surface area contributed by atoms with Gasteiger partial charge in [-0.15, -0.1) is 0 Å². The molecule has 0 amide bonds. The molecule has 1 heterocycles. The molecule has 1 aliphatic heterocycles. The largest absolute Gasteiger partial charge is 1.00 e. The zero-order chi connectivity index (χ0) is 24.4. The van der Waals surface area contributed by atoms with Gasteiger partial charge < -0.3 is 27.2 Å². The number of hydrogen-bond donors (Lipinski definition) is 1. The van der Waals surface area contributed by atoms with Crippen LogP contribution in [-0.2, 0) is 12.4 Å². The lowest BCUT2D eigenvalue weighted by molar-refractivity contribution is -0.143. The summed E-state index contributed by atoms with van der Waals surface area (Å²) in [6.07, 6.45) is -11.0. The molecule has 1 atom stereocenters. The molecule has 11 heteroatoms. The number of aliphatic hydroxyl groups is 1. The molecule has 0 spiro atoms. The van der Waals surface area contributed by atoms with Crippen molar-refractivity contribution in [1.29, 1.82) is 0 Å².